The fourth-order valence-corrected chi connectivity index (χ4v) is 8.59. The van der Waals surface area contributed by atoms with Crippen LogP contribution in [0.25, 0.3) is 0 Å². The van der Waals surface area contributed by atoms with Crippen LogP contribution in [-0.4, -0.2) is 69.4 Å². The Balaban J connectivity index is 5.45. The average molecular weight is 1050 g/mol. The predicted octanol–water partition coefficient (Wildman–Crippen LogP) is 17.5. The Labute approximate surface area is 455 Å². The molecule has 0 rings (SSSR count). The number of carbonyl (C=O) groups excluding carboxylic acids is 2. The predicted molar refractivity (Wildman–Crippen MR) is 316 cm³/mol. The molecule has 9 nitrogen and oxygen atoms in total. The van der Waals surface area contributed by atoms with Crippen LogP contribution in [0.1, 0.15) is 233 Å². The molecule has 0 aliphatic rings. The van der Waals surface area contributed by atoms with E-state index in [1.54, 1.807) is 6.08 Å². The third-order valence-electron chi connectivity index (χ3n) is 12.5. The van der Waals surface area contributed by atoms with E-state index in [1.807, 2.05) is 39.4 Å². The Kier molecular flexibility index (Phi) is 50.7. The highest BCUT2D eigenvalue weighted by molar-refractivity contribution is 7.45. The standard InChI is InChI=1S/C64H111N2O7P/c1-7-10-13-16-19-22-25-28-30-32-33-35-37-39-42-45-48-51-54-57-64(68)73-62(55-52-49-46-43-40-27-24-21-18-15-12-9-3)61(60-72-74(69,70)71-59-58-66(4,5)6)65-63(67)56-53-50-47-44-41-38-36-34-31-29-26-23-20-17-14-11-8-2/h10,13,19-20,22-23,28-31,33,35,39,42,48,51-52,55,61-62H,7-9,11-12,14-18,21,24-27,32,34,36-38,40-41,43-47,49-50,53-54,56-60H2,1-6H3,(H-,65,67,69,70)/b13-10-,22-19-,23-20-,30-28-,31-29-,35-33-,42-39-,51-48-,55-52+. The SMILES string of the molecule is CC/C=C\C/C=C\C/C=C\C/C=C\C/C=C\C/C=C\CCC(=O)OC(/C=C/CCCCCCCCCCCC)C(COP(=O)([O-])OCC[N+](C)(C)C)NC(=O)CCCCCCCCC/C=C\C/C=C\CCCCC. The summed E-state index contributed by atoms with van der Waals surface area (Å²) in [6, 6.07) is -0.929. The summed E-state index contributed by atoms with van der Waals surface area (Å²) in [6.07, 6.45) is 72.1. The van der Waals surface area contributed by atoms with Crippen LogP contribution in [0.4, 0.5) is 0 Å². The number of nitrogens with zero attached hydrogens (tertiary/aromatic N) is 1. The summed E-state index contributed by atoms with van der Waals surface area (Å²) in [4.78, 5) is 39.9. The second kappa shape index (κ2) is 53.1. The van der Waals surface area contributed by atoms with Gasteiger partial charge in [0.2, 0.25) is 5.91 Å². The lowest BCUT2D eigenvalue weighted by Gasteiger charge is -2.30. The van der Waals surface area contributed by atoms with Crippen LogP contribution >= 0.6 is 7.82 Å². The van der Waals surface area contributed by atoms with Gasteiger partial charge in [-0.1, -0.05) is 227 Å². The number of likely N-dealkylation sites (N-methyl/N-ethyl adjacent to an activating group) is 1. The molecule has 74 heavy (non-hydrogen) atoms. The third kappa shape index (κ3) is 53.5. The summed E-state index contributed by atoms with van der Waals surface area (Å²) >= 11 is 0. The maximum absolute atomic E-state index is 13.5. The van der Waals surface area contributed by atoms with Crippen LogP contribution in [0.15, 0.2) is 109 Å². The first kappa shape index (κ1) is 70.7. The molecule has 424 valence electrons. The monoisotopic (exact) mass is 1050 g/mol. The first-order valence-electron chi connectivity index (χ1n) is 29.7. The van der Waals surface area contributed by atoms with Gasteiger partial charge < -0.3 is 28.5 Å². The molecule has 3 atom stereocenters. The summed E-state index contributed by atoms with van der Waals surface area (Å²) in [6.45, 7) is 6.63. The van der Waals surface area contributed by atoms with Crippen molar-refractivity contribution in [2.45, 2.75) is 245 Å². The van der Waals surface area contributed by atoms with E-state index < -0.39 is 32.5 Å². The molecule has 0 heterocycles. The highest BCUT2D eigenvalue weighted by Gasteiger charge is 2.27. The van der Waals surface area contributed by atoms with Crippen molar-refractivity contribution in [3.05, 3.63) is 109 Å². The van der Waals surface area contributed by atoms with Gasteiger partial charge in [0, 0.05) is 12.8 Å². The number of esters is 1. The van der Waals surface area contributed by atoms with Gasteiger partial charge in [0.25, 0.3) is 7.82 Å². The maximum Gasteiger partial charge on any atom is 0.306 e. The number of rotatable bonds is 52. The number of unbranched alkanes of at least 4 members (excludes halogenated alkanes) is 20. The van der Waals surface area contributed by atoms with Gasteiger partial charge in [-0.2, -0.15) is 0 Å². The summed E-state index contributed by atoms with van der Waals surface area (Å²) in [5, 5.41) is 3.00. The number of ether oxygens (including phenoxy) is 1. The molecule has 0 aliphatic carbocycles. The highest BCUT2D eigenvalue weighted by atomic mass is 31.2. The number of nitrogens with one attached hydrogen (secondary N) is 1. The maximum atomic E-state index is 13.5. The molecule has 1 amide bonds. The number of allylic oxidation sites excluding steroid dienone is 17. The Morgan fingerprint density at radius 1 is 0.486 bits per heavy atom. The molecule has 0 aromatic carbocycles. The molecule has 3 unspecified atom stereocenters. The molecule has 0 saturated carbocycles. The Bertz CT molecular complexity index is 1640. The summed E-state index contributed by atoms with van der Waals surface area (Å²) in [5.41, 5.74) is 0. The van der Waals surface area contributed by atoms with Crippen molar-refractivity contribution in [3.8, 4) is 0 Å². The smallest absolute Gasteiger partial charge is 0.306 e. The lowest BCUT2D eigenvalue weighted by Crippen LogP contribution is -2.47. The summed E-state index contributed by atoms with van der Waals surface area (Å²) in [7, 11) is 1.13. The van der Waals surface area contributed by atoms with Gasteiger partial charge in [-0.15, -0.1) is 0 Å². The van der Waals surface area contributed by atoms with Crippen molar-refractivity contribution < 1.29 is 37.3 Å². The minimum absolute atomic E-state index is 0.0404. The quantitative estimate of drug-likeness (QED) is 0.0212. The van der Waals surface area contributed by atoms with E-state index in [2.05, 4.69) is 111 Å². The van der Waals surface area contributed by atoms with Gasteiger partial charge in [0.05, 0.1) is 33.8 Å². The lowest BCUT2D eigenvalue weighted by molar-refractivity contribution is -0.870. The lowest BCUT2D eigenvalue weighted by atomic mass is 10.0. The molecule has 1 N–H and O–H groups in total. The number of carbonyl (C=O) groups is 2. The fraction of sp³-hybridized carbons (Fsp3) is 0.688. The molecular weight excluding hydrogens is 940 g/mol. The Morgan fingerprint density at radius 2 is 0.878 bits per heavy atom. The fourth-order valence-electron chi connectivity index (χ4n) is 7.87. The molecule has 0 saturated heterocycles. The first-order valence-corrected chi connectivity index (χ1v) is 31.2. The molecular formula is C64H111N2O7P. The van der Waals surface area contributed by atoms with E-state index in [0.29, 0.717) is 23.9 Å². The molecule has 0 aliphatic heterocycles. The number of phosphoric ester groups is 1. The van der Waals surface area contributed by atoms with Gasteiger partial charge in [0.15, 0.2) is 0 Å². The van der Waals surface area contributed by atoms with E-state index in [1.165, 1.54) is 96.3 Å². The molecule has 10 heteroatoms. The molecule has 0 spiro atoms. The van der Waals surface area contributed by atoms with E-state index in [4.69, 9.17) is 13.8 Å². The molecule has 0 bridgehead atoms. The number of phosphoric acid groups is 1. The van der Waals surface area contributed by atoms with Gasteiger partial charge in [-0.3, -0.25) is 14.2 Å². The summed E-state index contributed by atoms with van der Waals surface area (Å²) < 4.78 is 30.2. The average Bonchev–Trinajstić information content (AvgIpc) is 3.36. The minimum Gasteiger partial charge on any atom is -0.756 e. The van der Waals surface area contributed by atoms with Crippen molar-refractivity contribution in [2.24, 2.45) is 0 Å². The van der Waals surface area contributed by atoms with E-state index >= 15 is 0 Å². The van der Waals surface area contributed by atoms with E-state index in [-0.39, 0.29) is 25.4 Å². The van der Waals surface area contributed by atoms with Crippen molar-refractivity contribution >= 4 is 19.7 Å². The second-order valence-corrected chi connectivity index (χ2v) is 22.2. The highest BCUT2D eigenvalue weighted by Crippen LogP contribution is 2.38. The third-order valence-corrected chi connectivity index (χ3v) is 13.4. The van der Waals surface area contributed by atoms with Crippen molar-refractivity contribution in [1.29, 1.82) is 0 Å². The zero-order valence-electron chi connectivity index (χ0n) is 48.3. The van der Waals surface area contributed by atoms with Gasteiger partial charge in [-0.25, -0.2) is 0 Å². The van der Waals surface area contributed by atoms with Crippen LogP contribution in [0.5, 0.6) is 0 Å². The normalized spacial score (nSPS) is 14.5. The number of hydrogen-bond donors (Lipinski definition) is 1. The molecule has 0 radical (unpaired) electrons. The van der Waals surface area contributed by atoms with Crippen LogP contribution in [-0.2, 0) is 27.9 Å². The van der Waals surface area contributed by atoms with Crippen LogP contribution in [0, 0.1) is 0 Å². The Morgan fingerprint density at radius 3 is 1.35 bits per heavy atom. The minimum atomic E-state index is -4.72. The van der Waals surface area contributed by atoms with Crippen molar-refractivity contribution in [1.82, 2.24) is 5.32 Å². The zero-order chi connectivity index (χ0) is 54.3. The van der Waals surface area contributed by atoms with Crippen molar-refractivity contribution in [2.75, 3.05) is 40.9 Å². The topological polar surface area (TPSA) is 114 Å². The Hall–Kier alpha value is -3.33. The number of quaternary nitrogens is 1. The number of amides is 1. The zero-order valence-corrected chi connectivity index (χ0v) is 49.1. The largest absolute Gasteiger partial charge is 0.756 e. The van der Waals surface area contributed by atoms with E-state index in [0.717, 1.165) is 89.9 Å². The van der Waals surface area contributed by atoms with Crippen LogP contribution in [0.3, 0.4) is 0 Å². The van der Waals surface area contributed by atoms with Crippen molar-refractivity contribution in [3.63, 3.8) is 0 Å². The van der Waals surface area contributed by atoms with Gasteiger partial charge >= 0.3 is 5.97 Å². The number of hydrogen-bond acceptors (Lipinski definition) is 7. The van der Waals surface area contributed by atoms with Crippen LogP contribution < -0.4 is 10.2 Å². The van der Waals surface area contributed by atoms with Gasteiger partial charge in [-0.05, 0) is 102 Å². The van der Waals surface area contributed by atoms with E-state index in [9.17, 15) is 19.0 Å². The summed E-state index contributed by atoms with van der Waals surface area (Å²) in [5.74, 6) is -0.654. The van der Waals surface area contributed by atoms with Crippen LogP contribution in [0.2, 0.25) is 0 Å². The van der Waals surface area contributed by atoms with Gasteiger partial charge in [0.1, 0.15) is 19.3 Å². The molecule has 0 fully saturated rings. The second-order valence-electron chi connectivity index (χ2n) is 20.8. The first-order chi connectivity index (χ1) is 35.9. The molecule has 0 aromatic rings. The molecule has 0 aromatic heterocycles.